The van der Waals surface area contributed by atoms with E-state index in [9.17, 15) is 0 Å². The molecule has 1 unspecified atom stereocenters. The Morgan fingerprint density at radius 2 is 2.41 bits per heavy atom. The van der Waals surface area contributed by atoms with Gasteiger partial charge in [0.1, 0.15) is 5.82 Å². The summed E-state index contributed by atoms with van der Waals surface area (Å²) < 4.78 is 0. The molecule has 1 saturated heterocycles. The molecule has 3 N–H and O–H groups in total. The van der Waals surface area contributed by atoms with Crippen molar-refractivity contribution in [3.63, 3.8) is 0 Å². The molecule has 0 aliphatic carbocycles. The lowest BCUT2D eigenvalue weighted by atomic mass is 10.1. The van der Waals surface area contributed by atoms with Crippen molar-refractivity contribution in [2.45, 2.75) is 18.9 Å². The van der Waals surface area contributed by atoms with Gasteiger partial charge >= 0.3 is 0 Å². The summed E-state index contributed by atoms with van der Waals surface area (Å²) in [6, 6.07) is 2.42. The highest BCUT2D eigenvalue weighted by molar-refractivity contribution is 5.42. The summed E-state index contributed by atoms with van der Waals surface area (Å²) in [5.74, 6) is 6.68. The van der Waals surface area contributed by atoms with E-state index in [1.807, 2.05) is 6.07 Å². The molecule has 2 rings (SSSR count). The molecule has 0 saturated carbocycles. The molecular weight excluding hydrogens is 216 g/mol. The number of piperidine rings is 1. The number of anilines is 2. The summed E-state index contributed by atoms with van der Waals surface area (Å²) in [5, 5.41) is 0. The number of nitrogens with two attached hydrogens (primary N) is 1. The van der Waals surface area contributed by atoms with Gasteiger partial charge in [0.2, 0.25) is 5.95 Å². The molecule has 1 aliphatic rings. The van der Waals surface area contributed by atoms with E-state index in [4.69, 9.17) is 5.84 Å². The number of hydrogen-bond acceptors (Lipinski definition) is 6. The van der Waals surface area contributed by atoms with E-state index in [0.29, 0.717) is 12.0 Å². The SMILES string of the molecule is CN1CCCC(N(C)c2ccnc(NN)n2)C1. The summed E-state index contributed by atoms with van der Waals surface area (Å²) in [6.07, 6.45) is 4.16. The lowest BCUT2D eigenvalue weighted by molar-refractivity contribution is 0.247. The molecule has 1 atom stereocenters. The third kappa shape index (κ3) is 2.83. The molecule has 0 radical (unpaired) electrons. The van der Waals surface area contributed by atoms with E-state index in [-0.39, 0.29) is 0 Å². The van der Waals surface area contributed by atoms with Crippen molar-refractivity contribution in [1.82, 2.24) is 14.9 Å². The molecule has 94 valence electrons. The highest BCUT2D eigenvalue weighted by Gasteiger charge is 2.22. The van der Waals surface area contributed by atoms with Crippen molar-refractivity contribution in [1.29, 1.82) is 0 Å². The van der Waals surface area contributed by atoms with Crippen molar-refractivity contribution in [2.24, 2.45) is 5.84 Å². The predicted molar refractivity (Wildman–Crippen MR) is 68.8 cm³/mol. The molecule has 1 aromatic rings. The van der Waals surface area contributed by atoms with Crippen LogP contribution in [0.3, 0.4) is 0 Å². The quantitative estimate of drug-likeness (QED) is 0.581. The number of hydrazine groups is 1. The number of hydrogen-bond donors (Lipinski definition) is 2. The number of nitrogens with one attached hydrogen (secondary N) is 1. The Morgan fingerprint density at radius 1 is 1.59 bits per heavy atom. The molecule has 0 aromatic carbocycles. The Kier molecular flexibility index (Phi) is 3.75. The molecule has 1 fully saturated rings. The van der Waals surface area contributed by atoms with Gasteiger partial charge in [-0.15, -0.1) is 0 Å². The van der Waals surface area contributed by atoms with Crippen LogP contribution in [0.25, 0.3) is 0 Å². The van der Waals surface area contributed by atoms with E-state index < -0.39 is 0 Å². The average Bonchev–Trinajstić information content (AvgIpc) is 2.38. The number of rotatable bonds is 3. The van der Waals surface area contributed by atoms with Gasteiger partial charge < -0.3 is 9.80 Å². The van der Waals surface area contributed by atoms with Crippen molar-refractivity contribution in [3.8, 4) is 0 Å². The third-order valence-corrected chi connectivity index (χ3v) is 3.28. The molecule has 1 aromatic heterocycles. The summed E-state index contributed by atoms with van der Waals surface area (Å²) in [7, 11) is 4.24. The Hall–Kier alpha value is -1.40. The number of nitrogens with zero attached hydrogens (tertiary/aromatic N) is 4. The average molecular weight is 236 g/mol. The zero-order valence-electron chi connectivity index (χ0n) is 10.4. The fourth-order valence-corrected chi connectivity index (χ4v) is 2.26. The summed E-state index contributed by atoms with van der Waals surface area (Å²) >= 11 is 0. The molecular formula is C11H20N6. The standard InChI is InChI=1S/C11H20N6/c1-16-7-3-4-9(8-16)17(2)10-5-6-13-11(14-10)15-12/h5-6,9H,3-4,7-8,12H2,1-2H3,(H,13,14,15). The summed E-state index contributed by atoms with van der Waals surface area (Å²) in [5.41, 5.74) is 2.47. The van der Waals surface area contributed by atoms with Crippen LogP contribution in [0.2, 0.25) is 0 Å². The van der Waals surface area contributed by atoms with Crippen LogP contribution in [0.1, 0.15) is 12.8 Å². The van der Waals surface area contributed by atoms with Gasteiger partial charge in [-0.05, 0) is 32.5 Å². The molecule has 6 heteroatoms. The van der Waals surface area contributed by atoms with Crippen molar-refractivity contribution in [3.05, 3.63) is 12.3 Å². The Labute approximate surface area is 102 Å². The second-order valence-corrected chi connectivity index (χ2v) is 4.55. The fraction of sp³-hybridized carbons (Fsp3) is 0.636. The van der Waals surface area contributed by atoms with Crippen LogP contribution in [0.5, 0.6) is 0 Å². The second kappa shape index (κ2) is 5.29. The number of likely N-dealkylation sites (tertiary alicyclic amines) is 1. The molecule has 0 spiro atoms. The highest BCUT2D eigenvalue weighted by Crippen LogP contribution is 2.19. The fourth-order valence-electron chi connectivity index (χ4n) is 2.26. The van der Waals surface area contributed by atoms with Crippen molar-refractivity contribution < 1.29 is 0 Å². The Morgan fingerprint density at radius 3 is 3.12 bits per heavy atom. The minimum Gasteiger partial charge on any atom is -0.355 e. The van der Waals surface area contributed by atoms with Crippen LogP contribution in [-0.4, -0.2) is 48.1 Å². The van der Waals surface area contributed by atoms with Crippen LogP contribution in [0.4, 0.5) is 11.8 Å². The monoisotopic (exact) mass is 236 g/mol. The van der Waals surface area contributed by atoms with E-state index >= 15 is 0 Å². The second-order valence-electron chi connectivity index (χ2n) is 4.55. The third-order valence-electron chi connectivity index (χ3n) is 3.28. The van der Waals surface area contributed by atoms with Gasteiger partial charge in [-0.1, -0.05) is 0 Å². The zero-order chi connectivity index (χ0) is 12.3. The van der Waals surface area contributed by atoms with E-state index in [1.165, 1.54) is 19.4 Å². The van der Waals surface area contributed by atoms with Crippen LogP contribution < -0.4 is 16.2 Å². The minimum atomic E-state index is 0.457. The summed E-state index contributed by atoms with van der Waals surface area (Å²) in [6.45, 7) is 2.26. The highest BCUT2D eigenvalue weighted by atomic mass is 15.3. The van der Waals surface area contributed by atoms with Crippen LogP contribution in [0.15, 0.2) is 12.3 Å². The van der Waals surface area contributed by atoms with E-state index in [2.05, 4.69) is 39.3 Å². The maximum Gasteiger partial charge on any atom is 0.239 e. The zero-order valence-corrected chi connectivity index (χ0v) is 10.4. The summed E-state index contributed by atoms with van der Waals surface area (Å²) in [4.78, 5) is 12.9. The predicted octanol–water partition coefficient (Wildman–Crippen LogP) is 0.293. The van der Waals surface area contributed by atoms with Crippen LogP contribution in [0, 0.1) is 0 Å². The van der Waals surface area contributed by atoms with E-state index in [1.54, 1.807) is 6.20 Å². The van der Waals surface area contributed by atoms with Gasteiger partial charge in [0.05, 0.1) is 0 Å². The van der Waals surface area contributed by atoms with Gasteiger partial charge in [-0.3, -0.25) is 5.43 Å². The molecule has 17 heavy (non-hydrogen) atoms. The molecule has 0 amide bonds. The first-order chi connectivity index (χ1) is 8.20. The number of aromatic nitrogens is 2. The minimum absolute atomic E-state index is 0.457. The van der Waals surface area contributed by atoms with Gasteiger partial charge in [0.15, 0.2) is 0 Å². The topological polar surface area (TPSA) is 70.3 Å². The maximum absolute atomic E-state index is 5.32. The Bertz CT molecular complexity index is 369. The first-order valence-electron chi connectivity index (χ1n) is 5.91. The van der Waals surface area contributed by atoms with Crippen molar-refractivity contribution >= 4 is 11.8 Å². The van der Waals surface area contributed by atoms with Gasteiger partial charge in [-0.2, -0.15) is 4.98 Å². The van der Waals surface area contributed by atoms with Gasteiger partial charge in [0.25, 0.3) is 0 Å². The van der Waals surface area contributed by atoms with Gasteiger partial charge in [0, 0.05) is 25.8 Å². The van der Waals surface area contributed by atoms with Crippen LogP contribution >= 0.6 is 0 Å². The molecule has 0 bridgehead atoms. The lowest BCUT2D eigenvalue weighted by Gasteiger charge is -2.36. The lowest BCUT2D eigenvalue weighted by Crippen LogP contribution is -2.45. The van der Waals surface area contributed by atoms with Gasteiger partial charge in [-0.25, -0.2) is 10.8 Å². The smallest absolute Gasteiger partial charge is 0.239 e. The number of nitrogen functional groups attached to an aromatic ring is 1. The van der Waals surface area contributed by atoms with Crippen LogP contribution in [-0.2, 0) is 0 Å². The van der Waals surface area contributed by atoms with E-state index in [0.717, 1.165) is 12.4 Å². The maximum atomic E-state index is 5.32. The largest absolute Gasteiger partial charge is 0.355 e. The first kappa shape index (κ1) is 12.1. The number of likely N-dealkylation sites (N-methyl/N-ethyl adjacent to an activating group) is 2. The molecule has 1 aliphatic heterocycles. The Balaban J connectivity index is 2.09. The molecule has 2 heterocycles. The molecule has 6 nitrogen and oxygen atoms in total. The first-order valence-corrected chi connectivity index (χ1v) is 5.91. The van der Waals surface area contributed by atoms with Crippen molar-refractivity contribution in [2.75, 3.05) is 37.5 Å². The normalized spacial score (nSPS) is 21.2.